The van der Waals surface area contributed by atoms with Gasteiger partial charge in [-0.05, 0) is 55.8 Å². The van der Waals surface area contributed by atoms with E-state index in [0.717, 1.165) is 4.47 Å². The van der Waals surface area contributed by atoms with Gasteiger partial charge in [0, 0.05) is 10.7 Å². The maximum atomic E-state index is 11.9. The van der Waals surface area contributed by atoms with Crippen molar-refractivity contribution in [1.29, 1.82) is 0 Å². The summed E-state index contributed by atoms with van der Waals surface area (Å²) < 4.78 is 11.7. The van der Waals surface area contributed by atoms with Crippen LogP contribution in [0.5, 0.6) is 0 Å². The van der Waals surface area contributed by atoms with Crippen LogP contribution < -0.4 is 10.2 Å². The molecule has 2 rings (SSSR count). The maximum absolute atomic E-state index is 11.9. The topological polar surface area (TPSA) is 80.8 Å². The lowest BCUT2D eigenvalue weighted by Gasteiger charge is -2.28. The lowest BCUT2D eigenvalue weighted by atomic mass is 10.2. The molecular formula is C15H20BrN3O4. The van der Waals surface area contributed by atoms with E-state index in [9.17, 15) is 9.59 Å². The Hall–Kier alpha value is -1.67. The number of hydrogen-bond donors (Lipinski definition) is 1. The summed E-state index contributed by atoms with van der Waals surface area (Å²) in [6.07, 6.45) is 1.05. The number of anilines is 1. The second-order valence-corrected chi connectivity index (χ2v) is 7.29. The number of hydrogen-bond acceptors (Lipinski definition) is 6. The van der Waals surface area contributed by atoms with E-state index in [1.165, 1.54) is 0 Å². The molecule has 1 fully saturated rings. The summed E-state index contributed by atoms with van der Waals surface area (Å²) in [5.41, 5.74) is -1.82. The van der Waals surface area contributed by atoms with Gasteiger partial charge in [0.2, 0.25) is 0 Å². The molecule has 0 radical (unpaired) electrons. The molecule has 126 valence electrons. The lowest BCUT2D eigenvalue weighted by Crippen LogP contribution is -2.44. The highest BCUT2D eigenvalue weighted by atomic mass is 79.9. The van der Waals surface area contributed by atoms with E-state index in [2.05, 4.69) is 26.2 Å². The molecule has 0 spiro atoms. The molecule has 2 atom stereocenters. The number of nitrogens with zero attached hydrogens (tertiary/aromatic N) is 2. The average Bonchev–Trinajstić information content (AvgIpc) is 2.75. The van der Waals surface area contributed by atoms with E-state index >= 15 is 0 Å². The van der Waals surface area contributed by atoms with Crippen molar-refractivity contribution in [2.24, 2.45) is 0 Å². The van der Waals surface area contributed by atoms with Gasteiger partial charge in [-0.2, -0.15) is 0 Å². The molecule has 1 saturated heterocycles. The van der Waals surface area contributed by atoms with Crippen molar-refractivity contribution >= 4 is 34.1 Å². The predicted molar refractivity (Wildman–Crippen MR) is 88.0 cm³/mol. The summed E-state index contributed by atoms with van der Waals surface area (Å²) in [4.78, 5) is 29.3. The number of ether oxygens (including phenoxy) is 2. The second-order valence-electron chi connectivity index (χ2n) is 6.37. The van der Waals surface area contributed by atoms with Crippen molar-refractivity contribution in [3.8, 4) is 0 Å². The van der Waals surface area contributed by atoms with E-state index in [4.69, 9.17) is 9.47 Å². The molecule has 1 amide bonds. The first-order valence-electron chi connectivity index (χ1n) is 7.16. The number of aldehydes is 1. The van der Waals surface area contributed by atoms with Crippen LogP contribution in [0.25, 0.3) is 0 Å². The predicted octanol–water partition coefficient (Wildman–Crippen LogP) is 2.45. The van der Waals surface area contributed by atoms with Crippen molar-refractivity contribution in [2.45, 2.75) is 45.2 Å². The van der Waals surface area contributed by atoms with Gasteiger partial charge in [0.25, 0.3) is 0 Å². The Kier molecular flexibility index (Phi) is 4.95. The monoisotopic (exact) mass is 385 g/mol. The molecule has 1 aliphatic heterocycles. The first-order chi connectivity index (χ1) is 10.6. The van der Waals surface area contributed by atoms with Crippen LogP contribution >= 0.6 is 15.9 Å². The molecule has 0 bridgehead atoms. The minimum Gasteiger partial charge on any atom is -0.444 e. The summed E-state index contributed by atoms with van der Waals surface area (Å²) >= 11 is 3.32. The van der Waals surface area contributed by atoms with Crippen LogP contribution in [-0.2, 0) is 14.3 Å². The van der Waals surface area contributed by atoms with Gasteiger partial charge in [0.05, 0.1) is 6.54 Å². The highest BCUT2D eigenvalue weighted by Crippen LogP contribution is 2.30. The molecule has 23 heavy (non-hydrogen) atoms. The fraction of sp³-hybridized carbons (Fsp3) is 0.533. The lowest BCUT2D eigenvalue weighted by molar-refractivity contribution is -0.128. The molecule has 0 aromatic carbocycles. The number of carbonyl (C=O) groups excluding carboxylic acids is 2. The van der Waals surface area contributed by atoms with Gasteiger partial charge in [0.15, 0.2) is 18.2 Å². The molecule has 1 aromatic rings. The average molecular weight is 386 g/mol. The summed E-state index contributed by atoms with van der Waals surface area (Å²) in [6.45, 7) is 7.23. The second kappa shape index (κ2) is 6.45. The zero-order valence-electron chi connectivity index (χ0n) is 13.5. The third-order valence-electron chi connectivity index (χ3n) is 3.15. The number of carbonyl (C=O) groups is 2. The highest BCUT2D eigenvalue weighted by molar-refractivity contribution is 9.10. The van der Waals surface area contributed by atoms with Crippen molar-refractivity contribution in [3.05, 3.63) is 22.8 Å². The quantitative estimate of drug-likeness (QED) is 0.804. The van der Waals surface area contributed by atoms with Crippen LogP contribution in [0.1, 0.15) is 27.7 Å². The number of alkyl carbamates (subject to hydrolysis) is 1. The summed E-state index contributed by atoms with van der Waals surface area (Å²) in [7, 11) is 0. The Morgan fingerprint density at radius 3 is 2.78 bits per heavy atom. The molecule has 7 nitrogen and oxygen atoms in total. The molecule has 0 aliphatic carbocycles. The largest absolute Gasteiger partial charge is 0.444 e. The molecule has 1 unspecified atom stereocenters. The number of nitrogens with one attached hydrogen (secondary N) is 1. The number of halogens is 1. The number of rotatable bonds is 3. The SMILES string of the molecule is CC(C)(C)OC(=O)N[C@@H]1CN(c2ccc(Br)cn2)C(C)(C=O)O1. The number of amides is 1. The number of pyridine rings is 1. The van der Waals surface area contributed by atoms with E-state index in [1.807, 2.05) is 6.07 Å². The first kappa shape index (κ1) is 17.7. The minimum atomic E-state index is -1.21. The van der Waals surface area contributed by atoms with Crippen LogP contribution in [0.4, 0.5) is 10.6 Å². The van der Waals surface area contributed by atoms with Crippen molar-refractivity contribution < 1.29 is 19.1 Å². The van der Waals surface area contributed by atoms with E-state index in [-0.39, 0.29) is 6.54 Å². The fourth-order valence-electron chi connectivity index (χ4n) is 2.19. The highest BCUT2D eigenvalue weighted by Gasteiger charge is 2.44. The van der Waals surface area contributed by atoms with E-state index in [0.29, 0.717) is 12.1 Å². The number of aromatic nitrogens is 1. The van der Waals surface area contributed by atoms with Crippen LogP contribution in [0.3, 0.4) is 0 Å². The molecule has 1 aliphatic rings. The smallest absolute Gasteiger partial charge is 0.409 e. The van der Waals surface area contributed by atoms with Gasteiger partial charge >= 0.3 is 6.09 Å². The zero-order chi connectivity index (χ0) is 17.3. The molecule has 2 heterocycles. The van der Waals surface area contributed by atoms with Gasteiger partial charge in [-0.1, -0.05) is 0 Å². The molecule has 8 heteroatoms. The van der Waals surface area contributed by atoms with Gasteiger partial charge in [-0.15, -0.1) is 0 Å². The van der Waals surface area contributed by atoms with Crippen LogP contribution in [0.2, 0.25) is 0 Å². The molecule has 0 saturated carbocycles. The minimum absolute atomic E-state index is 0.281. The van der Waals surface area contributed by atoms with Crippen LogP contribution in [0.15, 0.2) is 22.8 Å². The summed E-state index contributed by atoms with van der Waals surface area (Å²) in [5, 5.41) is 2.62. The summed E-state index contributed by atoms with van der Waals surface area (Å²) in [6, 6.07) is 3.59. The first-order valence-corrected chi connectivity index (χ1v) is 7.95. The third-order valence-corrected chi connectivity index (χ3v) is 3.62. The Morgan fingerprint density at radius 1 is 1.57 bits per heavy atom. The third kappa shape index (κ3) is 4.42. The van der Waals surface area contributed by atoms with Gasteiger partial charge in [0.1, 0.15) is 11.4 Å². The van der Waals surface area contributed by atoms with Crippen molar-refractivity contribution in [1.82, 2.24) is 10.3 Å². The van der Waals surface area contributed by atoms with Gasteiger partial charge < -0.3 is 14.4 Å². The van der Waals surface area contributed by atoms with Crippen LogP contribution in [0, 0.1) is 0 Å². The maximum Gasteiger partial charge on any atom is 0.409 e. The Morgan fingerprint density at radius 2 is 2.26 bits per heavy atom. The standard InChI is InChI=1S/C15H20BrN3O4/c1-14(2,3)23-13(21)18-12-8-19(15(4,9-20)22-12)11-6-5-10(16)7-17-11/h5-7,9,12H,8H2,1-4H3,(H,18,21)/t12-,15?/m0/s1. The molecule has 1 aromatic heterocycles. The fourth-order valence-corrected chi connectivity index (χ4v) is 2.42. The van der Waals surface area contributed by atoms with Crippen LogP contribution in [-0.4, -0.2) is 41.5 Å². The normalized spacial score (nSPS) is 24.4. The van der Waals surface area contributed by atoms with Gasteiger partial charge in [-0.25, -0.2) is 9.78 Å². The summed E-state index contributed by atoms with van der Waals surface area (Å²) in [5.74, 6) is 0.580. The van der Waals surface area contributed by atoms with Crippen molar-refractivity contribution in [3.63, 3.8) is 0 Å². The zero-order valence-corrected chi connectivity index (χ0v) is 15.1. The van der Waals surface area contributed by atoms with E-state index in [1.54, 1.807) is 44.9 Å². The van der Waals surface area contributed by atoms with E-state index < -0.39 is 23.6 Å². The Labute approximate surface area is 143 Å². The Balaban J connectivity index is 2.11. The molecular weight excluding hydrogens is 366 g/mol. The van der Waals surface area contributed by atoms with Gasteiger partial charge in [-0.3, -0.25) is 10.1 Å². The van der Waals surface area contributed by atoms with Crippen molar-refractivity contribution in [2.75, 3.05) is 11.4 Å². The molecule has 1 N–H and O–H groups in total. The Bertz CT molecular complexity index is 587.